The van der Waals surface area contributed by atoms with Gasteiger partial charge in [-0.1, -0.05) is 12.1 Å². The summed E-state index contributed by atoms with van der Waals surface area (Å²) in [5, 5.41) is 6.95. The number of hydrogen-bond donors (Lipinski definition) is 1. The minimum atomic E-state index is -0.567. The van der Waals surface area contributed by atoms with E-state index in [9.17, 15) is 9.59 Å². The molecular formula is C16H13N5O3. The lowest BCUT2D eigenvalue weighted by molar-refractivity contribution is -0.116. The molecule has 1 aromatic carbocycles. The maximum absolute atomic E-state index is 12.2. The number of aryl methyl sites for hydroxylation is 1. The molecule has 0 bridgehead atoms. The number of nitrogens with one attached hydrogen (secondary N) is 1. The van der Waals surface area contributed by atoms with Crippen molar-refractivity contribution >= 4 is 28.3 Å². The predicted molar refractivity (Wildman–Crippen MR) is 86.8 cm³/mol. The smallest absolute Gasteiger partial charge is 0.408 e. The number of benzene rings is 1. The third kappa shape index (κ3) is 2.43. The lowest BCUT2D eigenvalue weighted by Crippen LogP contribution is -2.24. The van der Waals surface area contributed by atoms with E-state index in [1.54, 1.807) is 41.2 Å². The number of hydrogen-bond acceptors (Lipinski definition) is 5. The standard InChI is InChI=1S/C16H13N5O3/c1-10-6-14-17-7-11(8-21(14)19-10)18-15(22)9-20-12-4-2-3-5-13(12)24-16(20)23/h2-8H,9H2,1H3,(H,18,22). The van der Waals surface area contributed by atoms with Gasteiger partial charge < -0.3 is 9.73 Å². The second-order valence-corrected chi connectivity index (χ2v) is 5.40. The van der Waals surface area contributed by atoms with Crippen molar-refractivity contribution in [3.8, 4) is 0 Å². The molecule has 1 N–H and O–H groups in total. The van der Waals surface area contributed by atoms with E-state index >= 15 is 0 Å². The highest BCUT2D eigenvalue weighted by Crippen LogP contribution is 2.12. The van der Waals surface area contributed by atoms with Crippen LogP contribution in [-0.4, -0.2) is 25.1 Å². The highest BCUT2D eigenvalue weighted by Gasteiger charge is 2.13. The number of nitrogens with zero attached hydrogens (tertiary/aromatic N) is 4. The van der Waals surface area contributed by atoms with Gasteiger partial charge in [0.15, 0.2) is 11.2 Å². The second-order valence-electron chi connectivity index (χ2n) is 5.40. The Labute approximate surface area is 135 Å². The summed E-state index contributed by atoms with van der Waals surface area (Å²) in [6.45, 7) is 1.72. The second kappa shape index (κ2) is 5.34. The summed E-state index contributed by atoms with van der Waals surface area (Å²) >= 11 is 0. The molecule has 0 atom stereocenters. The first kappa shape index (κ1) is 14.2. The highest BCUT2D eigenvalue weighted by molar-refractivity contribution is 5.91. The molecule has 0 aliphatic heterocycles. The highest BCUT2D eigenvalue weighted by atomic mass is 16.4. The number of para-hydroxylation sites is 2. The molecule has 0 saturated heterocycles. The van der Waals surface area contributed by atoms with Crippen molar-refractivity contribution < 1.29 is 9.21 Å². The summed E-state index contributed by atoms with van der Waals surface area (Å²) in [6.07, 6.45) is 3.22. The molecule has 0 unspecified atom stereocenters. The Morgan fingerprint density at radius 3 is 3.04 bits per heavy atom. The zero-order valence-corrected chi connectivity index (χ0v) is 12.8. The third-order valence-corrected chi connectivity index (χ3v) is 3.59. The molecule has 0 aliphatic carbocycles. The number of anilines is 1. The fourth-order valence-electron chi connectivity index (χ4n) is 2.57. The van der Waals surface area contributed by atoms with E-state index in [0.29, 0.717) is 22.4 Å². The van der Waals surface area contributed by atoms with E-state index in [1.165, 1.54) is 4.57 Å². The molecule has 4 aromatic rings. The average molecular weight is 323 g/mol. The zero-order valence-electron chi connectivity index (χ0n) is 12.8. The van der Waals surface area contributed by atoms with Gasteiger partial charge in [0.05, 0.1) is 29.3 Å². The summed E-state index contributed by atoms with van der Waals surface area (Å²) in [7, 11) is 0. The van der Waals surface area contributed by atoms with Gasteiger partial charge in [-0.15, -0.1) is 0 Å². The van der Waals surface area contributed by atoms with E-state index in [-0.39, 0.29) is 12.5 Å². The number of carbonyl (C=O) groups excluding carboxylic acids is 1. The number of amides is 1. The van der Waals surface area contributed by atoms with Crippen LogP contribution >= 0.6 is 0 Å². The topological polar surface area (TPSA) is 94.4 Å². The summed E-state index contributed by atoms with van der Waals surface area (Å²) in [6, 6.07) is 8.80. The molecule has 120 valence electrons. The zero-order chi connectivity index (χ0) is 16.7. The Balaban J connectivity index is 1.59. The first-order valence-electron chi connectivity index (χ1n) is 7.30. The van der Waals surface area contributed by atoms with Crippen LogP contribution in [0.5, 0.6) is 0 Å². The van der Waals surface area contributed by atoms with Gasteiger partial charge in [-0.25, -0.2) is 14.3 Å². The summed E-state index contributed by atoms with van der Waals surface area (Å²) in [5.74, 6) is -0.920. The Morgan fingerprint density at radius 1 is 1.33 bits per heavy atom. The molecule has 0 radical (unpaired) electrons. The summed E-state index contributed by atoms with van der Waals surface area (Å²) in [5.41, 5.74) is 3.06. The van der Waals surface area contributed by atoms with Crippen molar-refractivity contribution in [3.05, 3.63) is 59.0 Å². The average Bonchev–Trinajstić information content (AvgIpc) is 3.06. The van der Waals surface area contributed by atoms with E-state index in [1.807, 2.05) is 13.0 Å². The van der Waals surface area contributed by atoms with Crippen molar-refractivity contribution in [1.29, 1.82) is 0 Å². The van der Waals surface area contributed by atoms with Crippen LogP contribution in [-0.2, 0) is 11.3 Å². The monoisotopic (exact) mass is 323 g/mol. The Bertz CT molecular complexity index is 1120. The first-order chi connectivity index (χ1) is 11.6. The molecule has 1 amide bonds. The number of carbonyl (C=O) groups is 1. The molecule has 0 fully saturated rings. The van der Waals surface area contributed by atoms with Gasteiger partial charge in [0.1, 0.15) is 6.54 Å². The van der Waals surface area contributed by atoms with Gasteiger partial charge in [0.2, 0.25) is 5.91 Å². The van der Waals surface area contributed by atoms with Crippen molar-refractivity contribution in [2.75, 3.05) is 5.32 Å². The van der Waals surface area contributed by atoms with Gasteiger partial charge >= 0.3 is 5.76 Å². The van der Waals surface area contributed by atoms with Crippen LogP contribution in [0, 0.1) is 6.92 Å². The molecule has 3 heterocycles. The quantitative estimate of drug-likeness (QED) is 0.618. The van der Waals surface area contributed by atoms with Crippen LogP contribution in [0.1, 0.15) is 5.69 Å². The summed E-state index contributed by atoms with van der Waals surface area (Å²) in [4.78, 5) is 28.4. The van der Waals surface area contributed by atoms with E-state index < -0.39 is 5.76 Å². The Kier molecular flexibility index (Phi) is 3.16. The number of fused-ring (bicyclic) bond motifs is 2. The minimum absolute atomic E-state index is 0.147. The van der Waals surface area contributed by atoms with Crippen molar-refractivity contribution in [1.82, 2.24) is 19.2 Å². The minimum Gasteiger partial charge on any atom is -0.408 e. The predicted octanol–water partition coefficient (Wildman–Crippen LogP) is 1.58. The maximum atomic E-state index is 12.2. The molecule has 8 heteroatoms. The van der Waals surface area contributed by atoms with Crippen LogP contribution in [0.25, 0.3) is 16.7 Å². The normalized spacial score (nSPS) is 11.2. The molecule has 0 saturated carbocycles. The summed E-state index contributed by atoms with van der Waals surface area (Å²) < 4.78 is 7.99. The van der Waals surface area contributed by atoms with E-state index in [2.05, 4.69) is 15.4 Å². The van der Waals surface area contributed by atoms with Gasteiger partial charge in [0, 0.05) is 6.07 Å². The van der Waals surface area contributed by atoms with Crippen molar-refractivity contribution in [2.45, 2.75) is 13.5 Å². The van der Waals surface area contributed by atoms with Crippen LogP contribution in [0.15, 0.2) is 51.9 Å². The first-order valence-corrected chi connectivity index (χ1v) is 7.30. The number of rotatable bonds is 3. The largest absolute Gasteiger partial charge is 0.420 e. The van der Waals surface area contributed by atoms with Gasteiger partial charge in [-0.05, 0) is 19.1 Å². The van der Waals surface area contributed by atoms with Crippen LogP contribution in [0.4, 0.5) is 5.69 Å². The molecule has 0 aliphatic rings. The molecular weight excluding hydrogens is 310 g/mol. The lowest BCUT2D eigenvalue weighted by Gasteiger charge is -2.05. The van der Waals surface area contributed by atoms with Gasteiger partial charge in [-0.2, -0.15) is 5.10 Å². The lowest BCUT2D eigenvalue weighted by atomic mass is 10.3. The number of oxazole rings is 1. The van der Waals surface area contributed by atoms with E-state index in [4.69, 9.17) is 4.42 Å². The fraction of sp³-hybridized carbons (Fsp3) is 0.125. The van der Waals surface area contributed by atoms with Crippen molar-refractivity contribution in [2.24, 2.45) is 0 Å². The maximum Gasteiger partial charge on any atom is 0.420 e. The SMILES string of the molecule is Cc1cc2ncc(NC(=O)Cn3c(=O)oc4ccccc43)cn2n1. The molecule has 24 heavy (non-hydrogen) atoms. The van der Waals surface area contributed by atoms with Gasteiger partial charge in [0.25, 0.3) is 0 Å². The number of aromatic nitrogens is 4. The molecule has 3 aromatic heterocycles. The fourth-order valence-corrected chi connectivity index (χ4v) is 2.57. The van der Waals surface area contributed by atoms with Gasteiger partial charge in [-0.3, -0.25) is 9.36 Å². The van der Waals surface area contributed by atoms with Crippen LogP contribution < -0.4 is 11.1 Å². The molecule has 8 nitrogen and oxygen atoms in total. The Morgan fingerprint density at radius 2 is 2.17 bits per heavy atom. The third-order valence-electron chi connectivity index (χ3n) is 3.59. The Hall–Kier alpha value is -3.42. The molecule has 0 spiro atoms. The molecule has 4 rings (SSSR count). The van der Waals surface area contributed by atoms with E-state index in [0.717, 1.165) is 5.69 Å². The van der Waals surface area contributed by atoms with Crippen LogP contribution in [0.3, 0.4) is 0 Å². The van der Waals surface area contributed by atoms with Crippen LogP contribution in [0.2, 0.25) is 0 Å². The van der Waals surface area contributed by atoms with Crippen molar-refractivity contribution in [3.63, 3.8) is 0 Å².